The van der Waals surface area contributed by atoms with E-state index in [4.69, 9.17) is 9.15 Å². The number of rotatable bonds is 7. The lowest BCUT2D eigenvalue weighted by atomic mass is 10.1. The smallest absolute Gasteiger partial charge is 0.273 e. The summed E-state index contributed by atoms with van der Waals surface area (Å²) in [6.07, 6.45) is 6.74. The van der Waals surface area contributed by atoms with Gasteiger partial charge in [0.2, 0.25) is 5.89 Å². The summed E-state index contributed by atoms with van der Waals surface area (Å²) in [5, 5.41) is 11.9. The number of anilines is 1. The number of hydrogen-bond donors (Lipinski definition) is 2. The molecule has 3 aromatic heterocycles. The van der Waals surface area contributed by atoms with Crippen molar-refractivity contribution in [2.45, 2.75) is 38.9 Å². The molecule has 1 amide bonds. The highest BCUT2D eigenvalue weighted by molar-refractivity contribution is 5.97. The second-order valence-corrected chi connectivity index (χ2v) is 7.98. The molecule has 4 aromatic rings. The topological polar surface area (TPSA) is 107 Å². The minimum absolute atomic E-state index is 0.224. The fourth-order valence-electron chi connectivity index (χ4n) is 3.99. The summed E-state index contributed by atoms with van der Waals surface area (Å²) in [5.74, 6) is 0.0497. The molecule has 1 aliphatic heterocycles. The van der Waals surface area contributed by atoms with E-state index in [-0.39, 0.29) is 17.6 Å². The van der Waals surface area contributed by atoms with Crippen molar-refractivity contribution in [3.05, 3.63) is 60.2 Å². The molecule has 0 atom stereocenters. The van der Waals surface area contributed by atoms with Crippen molar-refractivity contribution in [1.82, 2.24) is 25.1 Å². The first-order chi connectivity index (χ1) is 16.2. The Labute approximate surface area is 191 Å². The molecular formula is C24H26N6O3. The number of pyridine rings is 1. The normalized spacial score (nSPS) is 14.5. The summed E-state index contributed by atoms with van der Waals surface area (Å²) >= 11 is 0. The fourth-order valence-corrected chi connectivity index (χ4v) is 3.99. The van der Waals surface area contributed by atoms with Gasteiger partial charge in [0, 0.05) is 38.5 Å². The molecule has 5 rings (SSSR count). The van der Waals surface area contributed by atoms with E-state index in [0.717, 1.165) is 54.9 Å². The van der Waals surface area contributed by atoms with Crippen molar-refractivity contribution >= 4 is 22.6 Å². The molecule has 9 heteroatoms. The van der Waals surface area contributed by atoms with E-state index in [1.165, 1.54) is 6.26 Å². The Bertz CT molecular complexity index is 1240. The Kier molecular flexibility index (Phi) is 6.03. The summed E-state index contributed by atoms with van der Waals surface area (Å²) in [7, 11) is 0. The molecule has 1 saturated heterocycles. The van der Waals surface area contributed by atoms with Crippen LogP contribution in [0.3, 0.4) is 0 Å². The molecule has 33 heavy (non-hydrogen) atoms. The van der Waals surface area contributed by atoms with Crippen LogP contribution in [0.15, 0.2) is 53.4 Å². The fraction of sp³-hybridized carbons (Fsp3) is 0.333. The zero-order valence-corrected chi connectivity index (χ0v) is 18.5. The van der Waals surface area contributed by atoms with Gasteiger partial charge in [-0.3, -0.25) is 4.79 Å². The molecule has 1 aromatic carbocycles. The van der Waals surface area contributed by atoms with Crippen molar-refractivity contribution in [3.63, 3.8) is 0 Å². The summed E-state index contributed by atoms with van der Waals surface area (Å²) in [6, 6.07) is 9.99. The van der Waals surface area contributed by atoms with Crippen LogP contribution in [0.4, 0.5) is 5.69 Å². The van der Waals surface area contributed by atoms with Gasteiger partial charge < -0.3 is 19.8 Å². The van der Waals surface area contributed by atoms with Gasteiger partial charge in [0.25, 0.3) is 5.91 Å². The van der Waals surface area contributed by atoms with Crippen LogP contribution < -0.4 is 10.6 Å². The summed E-state index contributed by atoms with van der Waals surface area (Å²) in [5.41, 5.74) is 3.60. The van der Waals surface area contributed by atoms with Crippen LogP contribution in [0.25, 0.3) is 22.5 Å². The number of oxazole rings is 1. The SMILES string of the molecule is CCn1ncc2c(NC3CCOCC3)c(-c3nc(C(=O)NCc4ccccc4)co3)cnc21. The second-order valence-electron chi connectivity index (χ2n) is 7.98. The number of amides is 1. The molecule has 2 N–H and O–H groups in total. The predicted molar refractivity (Wildman–Crippen MR) is 124 cm³/mol. The lowest BCUT2D eigenvalue weighted by molar-refractivity contribution is 0.0904. The third kappa shape index (κ3) is 4.45. The maximum Gasteiger partial charge on any atom is 0.273 e. The standard InChI is InChI=1S/C24H26N6O3/c1-2-30-22-18(14-27-30)21(28-17-8-10-32-11-9-17)19(13-25-22)24-29-20(15-33-24)23(31)26-12-16-6-4-3-5-7-16/h3-7,13-15,17H,2,8-12H2,1H3,(H,25,28)(H,26,31). The van der Waals surface area contributed by atoms with Crippen molar-refractivity contribution in [1.29, 1.82) is 0 Å². The number of nitrogens with zero attached hydrogens (tertiary/aromatic N) is 4. The number of aromatic nitrogens is 4. The zero-order chi connectivity index (χ0) is 22.6. The molecule has 4 heterocycles. The van der Waals surface area contributed by atoms with E-state index < -0.39 is 0 Å². The molecule has 0 unspecified atom stereocenters. The first-order valence-corrected chi connectivity index (χ1v) is 11.2. The largest absolute Gasteiger partial charge is 0.443 e. The number of aryl methyl sites for hydroxylation is 1. The monoisotopic (exact) mass is 446 g/mol. The minimum Gasteiger partial charge on any atom is -0.443 e. The number of carbonyl (C=O) groups is 1. The Morgan fingerprint density at radius 1 is 1.18 bits per heavy atom. The van der Waals surface area contributed by atoms with E-state index in [0.29, 0.717) is 18.0 Å². The molecule has 1 aliphatic rings. The van der Waals surface area contributed by atoms with Gasteiger partial charge in [-0.15, -0.1) is 0 Å². The molecule has 0 saturated carbocycles. The van der Waals surface area contributed by atoms with Gasteiger partial charge in [-0.2, -0.15) is 5.10 Å². The van der Waals surface area contributed by atoms with Crippen LogP contribution in [0.5, 0.6) is 0 Å². The molecule has 1 fully saturated rings. The van der Waals surface area contributed by atoms with Crippen LogP contribution in [0.1, 0.15) is 35.8 Å². The van der Waals surface area contributed by atoms with E-state index in [1.807, 2.05) is 48.1 Å². The van der Waals surface area contributed by atoms with Gasteiger partial charge >= 0.3 is 0 Å². The Balaban J connectivity index is 1.43. The average Bonchev–Trinajstić information content (AvgIpc) is 3.52. The van der Waals surface area contributed by atoms with Gasteiger partial charge in [0.15, 0.2) is 11.3 Å². The average molecular weight is 447 g/mol. The maximum absolute atomic E-state index is 12.6. The minimum atomic E-state index is -0.291. The Hall–Kier alpha value is -3.72. The van der Waals surface area contributed by atoms with Crippen molar-refractivity contribution in [2.75, 3.05) is 18.5 Å². The Morgan fingerprint density at radius 3 is 2.79 bits per heavy atom. The van der Waals surface area contributed by atoms with Crippen LogP contribution in [-0.2, 0) is 17.8 Å². The van der Waals surface area contributed by atoms with Gasteiger partial charge in [-0.05, 0) is 25.3 Å². The van der Waals surface area contributed by atoms with E-state index in [9.17, 15) is 4.79 Å². The third-order valence-electron chi connectivity index (χ3n) is 5.80. The second kappa shape index (κ2) is 9.41. The number of benzene rings is 1. The third-order valence-corrected chi connectivity index (χ3v) is 5.80. The predicted octanol–water partition coefficient (Wildman–Crippen LogP) is 3.63. The number of ether oxygens (including phenoxy) is 1. The van der Waals surface area contributed by atoms with Gasteiger partial charge in [-0.1, -0.05) is 30.3 Å². The van der Waals surface area contributed by atoms with Crippen LogP contribution in [-0.4, -0.2) is 44.9 Å². The van der Waals surface area contributed by atoms with Gasteiger partial charge in [0.05, 0.1) is 22.8 Å². The number of carbonyl (C=O) groups excluding carboxylic acids is 1. The van der Waals surface area contributed by atoms with E-state index in [2.05, 4.69) is 25.7 Å². The highest BCUT2D eigenvalue weighted by Crippen LogP contribution is 2.34. The number of nitrogens with one attached hydrogen (secondary N) is 2. The van der Waals surface area contributed by atoms with Gasteiger partial charge in [0.1, 0.15) is 6.26 Å². The first kappa shape index (κ1) is 21.1. The zero-order valence-electron chi connectivity index (χ0n) is 18.5. The molecule has 0 spiro atoms. The van der Waals surface area contributed by atoms with Crippen LogP contribution in [0, 0.1) is 0 Å². The Morgan fingerprint density at radius 2 is 2.00 bits per heavy atom. The number of fused-ring (bicyclic) bond motifs is 1. The molecule has 170 valence electrons. The molecule has 0 bridgehead atoms. The summed E-state index contributed by atoms with van der Waals surface area (Å²) in [4.78, 5) is 21.7. The lowest BCUT2D eigenvalue weighted by Gasteiger charge is -2.25. The summed E-state index contributed by atoms with van der Waals surface area (Å²) < 4.78 is 13.1. The van der Waals surface area contributed by atoms with Crippen molar-refractivity contribution in [3.8, 4) is 11.5 Å². The van der Waals surface area contributed by atoms with Crippen LogP contribution in [0.2, 0.25) is 0 Å². The van der Waals surface area contributed by atoms with Crippen molar-refractivity contribution < 1.29 is 13.9 Å². The molecule has 0 radical (unpaired) electrons. The van der Waals surface area contributed by atoms with Crippen LogP contribution >= 0.6 is 0 Å². The van der Waals surface area contributed by atoms with E-state index in [1.54, 1.807) is 6.20 Å². The maximum atomic E-state index is 12.6. The highest BCUT2D eigenvalue weighted by atomic mass is 16.5. The molecular weight excluding hydrogens is 420 g/mol. The first-order valence-electron chi connectivity index (χ1n) is 11.2. The van der Waals surface area contributed by atoms with E-state index >= 15 is 0 Å². The number of hydrogen-bond acceptors (Lipinski definition) is 7. The van der Waals surface area contributed by atoms with Gasteiger partial charge in [-0.25, -0.2) is 14.6 Å². The highest BCUT2D eigenvalue weighted by Gasteiger charge is 2.23. The summed E-state index contributed by atoms with van der Waals surface area (Å²) in [6.45, 7) is 4.61. The van der Waals surface area contributed by atoms with Crippen molar-refractivity contribution in [2.24, 2.45) is 0 Å². The molecule has 9 nitrogen and oxygen atoms in total. The molecule has 0 aliphatic carbocycles. The quantitative estimate of drug-likeness (QED) is 0.446. The lowest BCUT2D eigenvalue weighted by Crippen LogP contribution is -2.28.